The average molecular weight is 409 g/mol. The van der Waals surface area contributed by atoms with Crippen molar-refractivity contribution in [2.45, 2.75) is 51.7 Å². The molecule has 1 aromatic carbocycles. The summed E-state index contributed by atoms with van der Waals surface area (Å²) < 4.78 is 1.66. The number of nitrogens with one attached hydrogen (secondary N) is 3. The second kappa shape index (κ2) is 9.06. The van der Waals surface area contributed by atoms with Gasteiger partial charge in [0.15, 0.2) is 0 Å². The molecule has 3 N–H and O–H groups in total. The zero-order valence-corrected chi connectivity index (χ0v) is 17.0. The van der Waals surface area contributed by atoms with E-state index in [1.54, 1.807) is 17.3 Å². The fourth-order valence-corrected chi connectivity index (χ4v) is 3.96. The van der Waals surface area contributed by atoms with Crippen molar-refractivity contribution in [2.75, 3.05) is 0 Å². The van der Waals surface area contributed by atoms with Crippen molar-refractivity contribution in [1.82, 2.24) is 35.4 Å². The number of rotatable bonds is 7. The van der Waals surface area contributed by atoms with Crippen LogP contribution in [0.15, 0.2) is 37.2 Å². The quantitative estimate of drug-likeness (QED) is 0.550. The highest BCUT2D eigenvalue weighted by molar-refractivity contribution is 5.80. The molecule has 3 aromatic rings. The molecule has 0 bridgehead atoms. The molecule has 0 radical (unpaired) electrons. The highest BCUT2D eigenvalue weighted by Crippen LogP contribution is 2.25. The highest BCUT2D eigenvalue weighted by atomic mass is 16.2. The molecule has 2 amide bonds. The van der Waals surface area contributed by atoms with Gasteiger partial charge in [0.2, 0.25) is 11.8 Å². The number of fused-ring (bicyclic) bond motifs is 1. The first-order chi connectivity index (χ1) is 14.6. The fourth-order valence-electron chi connectivity index (χ4n) is 3.96. The maximum atomic E-state index is 12.6. The zero-order chi connectivity index (χ0) is 20.9. The standard InChI is InChI=1S/C21H27N7O2/c1-14(10-28-13-22-11-26-28)20(29)27-17-5-3-16(4-6-17)21(30)23-9-15-2-7-18-19(8-15)25-12-24-18/h2,7-8,11-14,16-17H,3-6,9-10H2,1H3,(H,23,30)(H,24,25)(H,27,29). The number of imidazole rings is 1. The van der Waals surface area contributed by atoms with E-state index in [-0.39, 0.29) is 29.7 Å². The van der Waals surface area contributed by atoms with Gasteiger partial charge in [-0.25, -0.2) is 9.97 Å². The maximum absolute atomic E-state index is 12.6. The molecule has 1 unspecified atom stereocenters. The first kappa shape index (κ1) is 20.1. The Morgan fingerprint density at radius 3 is 2.87 bits per heavy atom. The van der Waals surface area contributed by atoms with Crippen LogP contribution < -0.4 is 10.6 Å². The molecule has 1 atom stereocenters. The van der Waals surface area contributed by atoms with Gasteiger partial charge in [-0.2, -0.15) is 5.10 Å². The number of amides is 2. The smallest absolute Gasteiger partial charge is 0.224 e. The van der Waals surface area contributed by atoms with Gasteiger partial charge in [0.1, 0.15) is 12.7 Å². The van der Waals surface area contributed by atoms with E-state index in [9.17, 15) is 9.59 Å². The van der Waals surface area contributed by atoms with Gasteiger partial charge in [-0.3, -0.25) is 14.3 Å². The lowest BCUT2D eigenvalue weighted by Gasteiger charge is -2.29. The van der Waals surface area contributed by atoms with Gasteiger partial charge in [-0.05, 0) is 43.4 Å². The van der Waals surface area contributed by atoms with Gasteiger partial charge in [-0.1, -0.05) is 13.0 Å². The van der Waals surface area contributed by atoms with E-state index in [4.69, 9.17) is 0 Å². The Morgan fingerprint density at radius 2 is 2.10 bits per heavy atom. The van der Waals surface area contributed by atoms with Gasteiger partial charge in [0, 0.05) is 18.5 Å². The number of benzene rings is 1. The lowest BCUT2D eigenvalue weighted by molar-refractivity contribution is -0.127. The summed E-state index contributed by atoms with van der Waals surface area (Å²) in [6.45, 7) is 2.90. The van der Waals surface area contributed by atoms with Crippen molar-refractivity contribution >= 4 is 22.8 Å². The van der Waals surface area contributed by atoms with Gasteiger partial charge in [-0.15, -0.1) is 0 Å². The highest BCUT2D eigenvalue weighted by Gasteiger charge is 2.28. The predicted molar refractivity (Wildman–Crippen MR) is 111 cm³/mol. The van der Waals surface area contributed by atoms with Crippen molar-refractivity contribution in [2.24, 2.45) is 11.8 Å². The number of aromatic amines is 1. The molecule has 1 fully saturated rings. The monoisotopic (exact) mass is 409 g/mol. The minimum atomic E-state index is -0.181. The Hall–Kier alpha value is -3.23. The number of hydrogen-bond donors (Lipinski definition) is 3. The molecule has 9 nitrogen and oxygen atoms in total. The maximum Gasteiger partial charge on any atom is 0.224 e. The molecule has 9 heteroatoms. The Labute approximate surface area is 174 Å². The third-order valence-electron chi connectivity index (χ3n) is 5.77. The van der Waals surface area contributed by atoms with Crippen molar-refractivity contribution in [3.8, 4) is 0 Å². The SMILES string of the molecule is CC(Cn1cncn1)C(=O)NC1CCC(C(=O)NCc2ccc3nc[nH]c3c2)CC1. The largest absolute Gasteiger partial charge is 0.353 e. The van der Waals surface area contributed by atoms with Gasteiger partial charge in [0.05, 0.1) is 29.8 Å². The number of hydrogen-bond acceptors (Lipinski definition) is 5. The molecule has 1 aliphatic carbocycles. The minimum Gasteiger partial charge on any atom is -0.353 e. The van der Waals surface area contributed by atoms with E-state index in [1.807, 2.05) is 25.1 Å². The lowest BCUT2D eigenvalue weighted by atomic mass is 9.85. The van der Waals surface area contributed by atoms with Crippen LogP contribution in [0, 0.1) is 11.8 Å². The van der Waals surface area contributed by atoms with E-state index in [0.717, 1.165) is 42.3 Å². The second-order valence-electron chi connectivity index (χ2n) is 8.05. The first-order valence-electron chi connectivity index (χ1n) is 10.4. The summed E-state index contributed by atoms with van der Waals surface area (Å²) >= 11 is 0. The Bertz CT molecular complexity index is 990. The van der Waals surface area contributed by atoms with Crippen molar-refractivity contribution < 1.29 is 9.59 Å². The Balaban J connectivity index is 1.19. The minimum absolute atomic E-state index is 0.00149. The van der Waals surface area contributed by atoms with E-state index >= 15 is 0 Å². The molecular formula is C21H27N7O2. The van der Waals surface area contributed by atoms with Crippen LogP contribution in [0.3, 0.4) is 0 Å². The number of H-pyrrole nitrogens is 1. The molecule has 2 heterocycles. The zero-order valence-electron chi connectivity index (χ0n) is 17.0. The fraction of sp³-hybridized carbons (Fsp3) is 0.476. The molecule has 30 heavy (non-hydrogen) atoms. The van der Waals surface area contributed by atoms with Crippen LogP contribution in [-0.4, -0.2) is 42.6 Å². The van der Waals surface area contributed by atoms with E-state index in [2.05, 4.69) is 30.7 Å². The predicted octanol–water partition coefficient (Wildman–Crippen LogP) is 1.78. The number of carbonyl (C=O) groups excluding carboxylic acids is 2. The normalized spacial score (nSPS) is 20.0. The third-order valence-corrected chi connectivity index (χ3v) is 5.77. The van der Waals surface area contributed by atoms with E-state index in [0.29, 0.717) is 13.1 Å². The summed E-state index contributed by atoms with van der Waals surface area (Å²) in [7, 11) is 0. The van der Waals surface area contributed by atoms with Gasteiger partial charge >= 0.3 is 0 Å². The molecule has 4 rings (SSSR count). The third kappa shape index (κ3) is 4.84. The van der Waals surface area contributed by atoms with Crippen LogP contribution in [0.25, 0.3) is 11.0 Å². The molecule has 158 valence electrons. The summed E-state index contributed by atoms with van der Waals surface area (Å²) in [4.78, 5) is 36.2. The van der Waals surface area contributed by atoms with Crippen LogP contribution in [0.2, 0.25) is 0 Å². The molecule has 0 spiro atoms. The topological polar surface area (TPSA) is 118 Å². The lowest BCUT2D eigenvalue weighted by Crippen LogP contribution is -2.43. The Morgan fingerprint density at radius 1 is 1.27 bits per heavy atom. The Kier molecular flexibility index (Phi) is 6.06. The summed E-state index contributed by atoms with van der Waals surface area (Å²) in [5.41, 5.74) is 2.93. The van der Waals surface area contributed by atoms with Crippen molar-refractivity contribution in [3.63, 3.8) is 0 Å². The van der Waals surface area contributed by atoms with E-state index < -0.39 is 0 Å². The summed E-state index contributed by atoms with van der Waals surface area (Å²) in [5, 5.41) is 10.2. The summed E-state index contributed by atoms with van der Waals surface area (Å²) in [6, 6.07) is 6.07. The van der Waals surface area contributed by atoms with Crippen molar-refractivity contribution in [3.05, 3.63) is 42.7 Å². The van der Waals surface area contributed by atoms with Gasteiger partial charge < -0.3 is 15.6 Å². The molecule has 0 saturated heterocycles. The van der Waals surface area contributed by atoms with Crippen LogP contribution in [-0.2, 0) is 22.7 Å². The molecule has 0 aliphatic heterocycles. The van der Waals surface area contributed by atoms with Crippen LogP contribution in [0.4, 0.5) is 0 Å². The average Bonchev–Trinajstić information content (AvgIpc) is 3.44. The summed E-state index contributed by atoms with van der Waals surface area (Å²) in [6.07, 6.45) is 7.95. The number of carbonyl (C=O) groups is 2. The second-order valence-corrected chi connectivity index (χ2v) is 8.05. The molecule has 1 saturated carbocycles. The van der Waals surface area contributed by atoms with E-state index in [1.165, 1.54) is 6.33 Å². The van der Waals surface area contributed by atoms with Crippen molar-refractivity contribution in [1.29, 1.82) is 0 Å². The number of aromatic nitrogens is 5. The molecule has 2 aromatic heterocycles. The van der Waals surface area contributed by atoms with Crippen LogP contribution >= 0.6 is 0 Å². The summed E-state index contributed by atoms with van der Waals surface area (Å²) in [5.74, 6) is -0.0711. The van der Waals surface area contributed by atoms with Crippen LogP contribution in [0.5, 0.6) is 0 Å². The van der Waals surface area contributed by atoms with Gasteiger partial charge in [0.25, 0.3) is 0 Å². The molecule has 1 aliphatic rings. The molecular weight excluding hydrogens is 382 g/mol. The number of nitrogens with zero attached hydrogens (tertiary/aromatic N) is 4. The van der Waals surface area contributed by atoms with Crippen LogP contribution in [0.1, 0.15) is 38.2 Å². The first-order valence-corrected chi connectivity index (χ1v) is 10.4.